The molecule has 0 spiro atoms. The molecule has 1 aliphatic carbocycles. The molecule has 2 aliphatic rings. The van der Waals surface area contributed by atoms with E-state index in [4.69, 9.17) is 9.47 Å². The number of rotatable bonds is 6. The van der Waals surface area contributed by atoms with Crippen LogP contribution in [0.4, 0.5) is 4.39 Å². The van der Waals surface area contributed by atoms with Crippen LogP contribution in [0.1, 0.15) is 36.5 Å². The molecule has 0 amide bonds. The van der Waals surface area contributed by atoms with Crippen LogP contribution >= 0.6 is 0 Å². The Labute approximate surface area is 181 Å². The summed E-state index contributed by atoms with van der Waals surface area (Å²) >= 11 is 0. The fraction of sp³-hybridized carbons (Fsp3) is 0.269. The van der Waals surface area contributed by atoms with Crippen LogP contribution in [0.15, 0.2) is 54.6 Å². The van der Waals surface area contributed by atoms with Crippen molar-refractivity contribution in [2.24, 2.45) is 0 Å². The molecule has 160 valence electrons. The van der Waals surface area contributed by atoms with Crippen molar-refractivity contribution in [1.29, 1.82) is 0 Å². The number of ketones is 1. The smallest absolute Gasteiger partial charge is 0.231 e. The van der Waals surface area contributed by atoms with Gasteiger partial charge in [-0.3, -0.25) is 4.79 Å². The molecular formula is C26H25FO4. The van der Waals surface area contributed by atoms with Gasteiger partial charge < -0.3 is 14.6 Å². The van der Waals surface area contributed by atoms with Crippen LogP contribution in [0.5, 0.6) is 11.5 Å². The minimum Gasteiger partial charge on any atom is -0.454 e. The highest BCUT2D eigenvalue weighted by Gasteiger charge is 2.51. The number of benzene rings is 3. The van der Waals surface area contributed by atoms with Gasteiger partial charge in [-0.25, -0.2) is 4.39 Å². The molecule has 31 heavy (non-hydrogen) atoms. The first kappa shape index (κ1) is 19.8. The maximum atomic E-state index is 14.8. The SMILES string of the molecule is Cc1cc(F)c(CC(=O)C2(c3ccc4c(c3)OCO4)CC2)cc1-c1cccc(CO)c1.[HH]. The van der Waals surface area contributed by atoms with Crippen LogP contribution in [0.3, 0.4) is 0 Å². The zero-order valence-electron chi connectivity index (χ0n) is 17.3. The fourth-order valence-corrected chi connectivity index (χ4v) is 4.39. The van der Waals surface area contributed by atoms with E-state index in [1.165, 1.54) is 6.07 Å². The van der Waals surface area contributed by atoms with E-state index in [1.54, 1.807) is 6.07 Å². The predicted octanol–water partition coefficient (Wildman–Crippen LogP) is 5.11. The number of hydrogen-bond acceptors (Lipinski definition) is 4. The molecule has 3 aromatic rings. The van der Waals surface area contributed by atoms with Crippen LogP contribution in [0, 0.1) is 12.7 Å². The van der Waals surface area contributed by atoms with Crippen LogP contribution in [-0.2, 0) is 23.2 Å². The molecule has 5 rings (SSSR count). The van der Waals surface area contributed by atoms with Crippen molar-refractivity contribution in [1.82, 2.24) is 0 Å². The monoisotopic (exact) mass is 420 g/mol. The molecule has 1 aliphatic heterocycles. The summed E-state index contributed by atoms with van der Waals surface area (Å²) in [7, 11) is 0. The first-order valence-electron chi connectivity index (χ1n) is 10.4. The van der Waals surface area contributed by atoms with Gasteiger partial charge in [0, 0.05) is 7.85 Å². The molecule has 0 unspecified atom stereocenters. The van der Waals surface area contributed by atoms with Gasteiger partial charge in [0.15, 0.2) is 11.5 Å². The van der Waals surface area contributed by atoms with Gasteiger partial charge in [0.05, 0.1) is 12.0 Å². The number of carbonyl (C=O) groups is 1. The molecule has 1 N–H and O–H groups in total. The van der Waals surface area contributed by atoms with Gasteiger partial charge in [0.25, 0.3) is 0 Å². The van der Waals surface area contributed by atoms with Gasteiger partial charge in [-0.15, -0.1) is 0 Å². The topological polar surface area (TPSA) is 55.8 Å². The zero-order chi connectivity index (χ0) is 21.6. The van der Waals surface area contributed by atoms with Crippen LogP contribution in [0.25, 0.3) is 11.1 Å². The Hall–Kier alpha value is -3.18. The Bertz CT molecular complexity index is 1190. The summed E-state index contributed by atoms with van der Waals surface area (Å²) in [6.07, 6.45) is 1.54. The molecule has 1 saturated carbocycles. The third-order valence-corrected chi connectivity index (χ3v) is 6.37. The lowest BCUT2D eigenvalue weighted by Gasteiger charge is -2.17. The second-order valence-corrected chi connectivity index (χ2v) is 8.37. The quantitative estimate of drug-likeness (QED) is 0.602. The minimum absolute atomic E-state index is 0. The Morgan fingerprint density at radius 2 is 1.90 bits per heavy atom. The third-order valence-electron chi connectivity index (χ3n) is 6.37. The second kappa shape index (κ2) is 7.50. The van der Waals surface area contributed by atoms with Crippen molar-refractivity contribution in [3.63, 3.8) is 0 Å². The number of aliphatic hydroxyl groups excluding tert-OH is 1. The number of Topliss-reactive ketones (excluding diaryl/α,β-unsaturated/α-hetero) is 1. The first-order valence-corrected chi connectivity index (χ1v) is 10.4. The van der Waals surface area contributed by atoms with Gasteiger partial charge in [0.1, 0.15) is 11.6 Å². The Morgan fingerprint density at radius 3 is 2.68 bits per heavy atom. The molecule has 4 nitrogen and oxygen atoms in total. The van der Waals surface area contributed by atoms with E-state index < -0.39 is 5.41 Å². The lowest BCUT2D eigenvalue weighted by molar-refractivity contribution is -0.120. The predicted molar refractivity (Wildman–Crippen MR) is 117 cm³/mol. The van der Waals surface area contributed by atoms with E-state index in [0.29, 0.717) is 17.1 Å². The van der Waals surface area contributed by atoms with Crippen molar-refractivity contribution in [2.45, 2.75) is 38.2 Å². The van der Waals surface area contributed by atoms with E-state index in [2.05, 4.69) is 0 Å². The standard InChI is InChI=1S/C26H23FO4.H2/c1-16-9-22(27)19(11-21(16)18-4-2-3-17(10-18)14-28)12-25(29)26(7-8-26)20-5-6-23-24(13-20)31-15-30-23;/h2-6,9-11,13,28H,7-8,12,14-15H2,1H3;1H. The van der Waals surface area contributed by atoms with E-state index >= 15 is 0 Å². The van der Waals surface area contributed by atoms with Crippen molar-refractivity contribution >= 4 is 5.78 Å². The molecule has 0 atom stereocenters. The largest absolute Gasteiger partial charge is 0.454 e. The Kier molecular flexibility index (Phi) is 4.78. The molecular weight excluding hydrogens is 395 g/mol. The number of fused-ring (bicyclic) bond motifs is 1. The lowest BCUT2D eigenvalue weighted by atomic mass is 9.86. The van der Waals surface area contributed by atoms with Gasteiger partial charge in [-0.2, -0.15) is 0 Å². The van der Waals surface area contributed by atoms with Crippen molar-refractivity contribution in [2.75, 3.05) is 6.79 Å². The molecule has 5 heteroatoms. The maximum Gasteiger partial charge on any atom is 0.231 e. The number of carbonyl (C=O) groups excluding carboxylic acids is 1. The summed E-state index contributed by atoms with van der Waals surface area (Å²) in [5.41, 5.74) is 4.08. The van der Waals surface area contributed by atoms with Crippen molar-refractivity contribution in [3.8, 4) is 22.6 Å². The van der Waals surface area contributed by atoms with E-state index in [0.717, 1.165) is 40.7 Å². The highest BCUT2D eigenvalue weighted by Crippen LogP contribution is 2.51. The minimum atomic E-state index is -0.574. The van der Waals surface area contributed by atoms with Crippen molar-refractivity contribution < 1.29 is 25.2 Å². The summed E-state index contributed by atoms with van der Waals surface area (Å²) < 4.78 is 25.6. The highest BCUT2D eigenvalue weighted by molar-refractivity contribution is 5.95. The van der Waals surface area contributed by atoms with Gasteiger partial charge in [-0.05, 0) is 83.5 Å². The van der Waals surface area contributed by atoms with E-state index in [9.17, 15) is 14.3 Å². The molecule has 1 fully saturated rings. The van der Waals surface area contributed by atoms with Gasteiger partial charge in [-0.1, -0.05) is 24.3 Å². The number of ether oxygens (including phenoxy) is 2. The molecule has 3 aromatic carbocycles. The number of aliphatic hydroxyl groups is 1. The number of halogens is 1. The first-order chi connectivity index (χ1) is 15.0. The maximum absolute atomic E-state index is 14.8. The highest BCUT2D eigenvalue weighted by atomic mass is 19.1. The fourth-order valence-electron chi connectivity index (χ4n) is 4.39. The number of hydrogen-bond donors (Lipinski definition) is 1. The lowest BCUT2D eigenvalue weighted by Crippen LogP contribution is -2.23. The third kappa shape index (κ3) is 3.49. The average Bonchev–Trinajstić information content (AvgIpc) is 3.46. The van der Waals surface area contributed by atoms with E-state index in [-0.39, 0.29) is 32.8 Å². The van der Waals surface area contributed by atoms with Crippen molar-refractivity contribution in [3.05, 3.63) is 82.7 Å². The molecule has 0 aromatic heterocycles. The Morgan fingerprint density at radius 1 is 1.10 bits per heavy atom. The Balaban J connectivity index is 0.00000245. The second-order valence-electron chi connectivity index (χ2n) is 8.37. The van der Waals surface area contributed by atoms with Crippen LogP contribution in [-0.4, -0.2) is 17.7 Å². The zero-order valence-corrected chi connectivity index (χ0v) is 17.3. The summed E-state index contributed by atoms with van der Waals surface area (Å²) in [6, 6.07) is 16.4. The molecule has 0 radical (unpaired) electrons. The summed E-state index contributed by atoms with van der Waals surface area (Å²) in [6.45, 7) is 1.98. The summed E-state index contributed by atoms with van der Waals surface area (Å²) in [4.78, 5) is 13.3. The van der Waals surface area contributed by atoms with E-state index in [1.807, 2.05) is 49.4 Å². The summed E-state index contributed by atoms with van der Waals surface area (Å²) in [5, 5.41) is 9.44. The summed E-state index contributed by atoms with van der Waals surface area (Å²) in [5.74, 6) is 0.994. The van der Waals surface area contributed by atoms with Crippen LogP contribution in [0.2, 0.25) is 0 Å². The molecule has 0 saturated heterocycles. The number of aryl methyl sites for hydroxylation is 1. The average molecular weight is 420 g/mol. The molecule has 0 bridgehead atoms. The van der Waals surface area contributed by atoms with Gasteiger partial charge in [0.2, 0.25) is 6.79 Å². The van der Waals surface area contributed by atoms with Gasteiger partial charge >= 0.3 is 0 Å². The normalized spacial score (nSPS) is 15.7. The molecule has 1 heterocycles. The van der Waals surface area contributed by atoms with Crippen LogP contribution < -0.4 is 9.47 Å².